The summed E-state index contributed by atoms with van der Waals surface area (Å²) in [5, 5.41) is 8.06. The van der Waals surface area contributed by atoms with E-state index in [1.807, 2.05) is 0 Å². The Hall–Kier alpha value is -0.980. The molecule has 0 saturated carbocycles. The second-order valence-corrected chi connectivity index (χ2v) is 4.65. The number of methoxy groups -OCH3 is 1. The van der Waals surface area contributed by atoms with Gasteiger partial charge in [0.2, 0.25) is 0 Å². The minimum Gasteiger partial charge on any atom is -0.384 e. The van der Waals surface area contributed by atoms with Crippen LogP contribution in [0.25, 0.3) is 0 Å². The van der Waals surface area contributed by atoms with E-state index < -0.39 is 0 Å². The summed E-state index contributed by atoms with van der Waals surface area (Å²) in [6, 6.07) is 0.348. The first-order valence-electron chi connectivity index (χ1n) is 6.06. The summed E-state index contributed by atoms with van der Waals surface area (Å²) in [7, 11) is 1.73. The standard InChI is InChI=1S/C11H21N5O/c1-9(7-17-2)10(5-12)15-3-4-16-8-13-14-11(16)6-15/h8-10H,3-7,12H2,1-2H3. The van der Waals surface area contributed by atoms with Crippen LogP contribution in [0.3, 0.4) is 0 Å². The summed E-state index contributed by atoms with van der Waals surface area (Å²) < 4.78 is 7.32. The zero-order chi connectivity index (χ0) is 12.3. The van der Waals surface area contributed by atoms with Gasteiger partial charge in [-0.2, -0.15) is 0 Å². The van der Waals surface area contributed by atoms with Crippen LogP contribution in [0.1, 0.15) is 12.7 Å². The fraction of sp³-hybridized carbons (Fsp3) is 0.818. The number of ether oxygens (including phenoxy) is 1. The summed E-state index contributed by atoms with van der Waals surface area (Å²) in [5.74, 6) is 1.46. The number of aromatic nitrogens is 3. The van der Waals surface area contributed by atoms with Gasteiger partial charge in [-0.1, -0.05) is 6.92 Å². The van der Waals surface area contributed by atoms with E-state index in [4.69, 9.17) is 10.5 Å². The van der Waals surface area contributed by atoms with Gasteiger partial charge < -0.3 is 15.0 Å². The van der Waals surface area contributed by atoms with Crippen molar-refractivity contribution in [3.05, 3.63) is 12.2 Å². The van der Waals surface area contributed by atoms with E-state index >= 15 is 0 Å². The number of rotatable bonds is 5. The van der Waals surface area contributed by atoms with Gasteiger partial charge in [0.05, 0.1) is 13.2 Å². The highest BCUT2D eigenvalue weighted by Crippen LogP contribution is 2.17. The molecule has 2 rings (SSSR count). The molecule has 0 aromatic carbocycles. The van der Waals surface area contributed by atoms with Gasteiger partial charge in [-0.05, 0) is 5.92 Å². The molecule has 2 heterocycles. The van der Waals surface area contributed by atoms with Crippen LogP contribution in [-0.2, 0) is 17.8 Å². The van der Waals surface area contributed by atoms with Crippen LogP contribution in [0, 0.1) is 5.92 Å². The maximum absolute atomic E-state index is 5.89. The summed E-state index contributed by atoms with van der Waals surface area (Å²) in [5.41, 5.74) is 5.89. The van der Waals surface area contributed by atoms with E-state index in [0.717, 1.165) is 32.1 Å². The van der Waals surface area contributed by atoms with Gasteiger partial charge in [0, 0.05) is 32.8 Å². The van der Waals surface area contributed by atoms with Gasteiger partial charge >= 0.3 is 0 Å². The van der Waals surface area contributed by atoms with Crippen molar-refractivity contribution in [2.45, 2.75) is 26.1 Å². The monoisotopic (exact) mass is 239 g/mol. The summed E-state index contributed by atoms with van der Waals surface area (Å²) in [6.07, 6.45) is 1.79. The van der Waals surface area contributed by atoms with Crippen LogP contribution in [-0.4, -0.2) is 52.5 Å². The summed E-state index contributed by atoms with van der Waals surface area (Å²) >= 11 is 0. The summed E-state index contributed by atoms with van der Waals surface area (Å²) in [4.78, 5) is 2.38. The van der Waals surface area contributed by atoms with Crippen molar-refractivity contribution in [2.24, 2.45) is 11.7 Å². The number of nitrogens with zero attached hydrogens (tertiary/aromatic N) is 4. The van der Waals surface area contributed by atoms with Crippen molar-refractivity contribution >= 4 is 0 Å². The fourth-order valence-electron chi connectivity index (χ4n) is 2.48. The molecule has 1 aromatic rings. The molecule has 6 nitrogen and oxygen atoms in total. The number of hydrogen-bond acceptors (Lipinski definition) is 5. The van der Waals surface area contributed by atoms with E-state index in [-0.39, 0.29) is 0 Å². The van der Waals surface area contributed by atoms with E-state index in [0.29, 0.717) is 18.5 Å². The lowest BCUT2D eigenvalue weighted by Crippen LogP contribution is -2.49. The Labute approximate surface area is 102 Å². The average Bonchev–Trinajstić information content (AvgIpc) is 2.77. The zero-order valence-corrected chi connectivity index (χ0v) is 10.5. The minimum atomic E-state index is 0.348. The SMILES string of the molecule is COCC(C)C(CN)N1CCn2cnnc2C1. The number of fused-ring (bicyclic) bond motifs is 1. The first-order chi connectivity index (χ1) is 8.26. The first-order valence-corrected chi connectivity index (χ1v) is 6.06. The van der Waals surface area contributed by atoms with Gasteiger partial charge in [0.1, 0.15) is 12.2 Å². The second-order valence-electron chi connectivity index (χ2n) is 4.65. The van der Waals surface area contributed by atoms with Crippen LogP contribution in [0.2, 0.25) is 0 Å². The Morgan fingerprint density at radius 1 is 1.53 bits per heavy atom. The molecule has 6 heteroatoms. The van der Waals surface area contributed by atoms with Gasteiger partial charge in [0.25, 0.3) is 0 Å². The van der Waals surface area contributed by atoms with Gasteiger partial charge in [-0.15, -0.1) is 10.2 Å². The number of nitrogens with two attached hydrogens (primary N) is 1. The lowest BCUT2D eigenvalue weighted by Gasteiger charge is -2.36. The van der Waals surface area contributed by atoms with E-state index in [2.05, 4.69) is 26.6 Å². The predicted molar refractivity (Wildman–Crippen MR) is 64.3 cm³/mol. The molecule has 0 aliphatic carbocycles. The highest BCUT2D eigenvalue weighted by Gasteiger charge is 2.27. The molecule has 96 valence electrons. The molecule has 0 bridgehead atoms. The molecule has 17 heavy (non-hydrogen) atoms. The lowest BCUT2D eigenvalue weighted by atomic mass is 10.0. The molecule has 1 aromatic heterocycles. The van der Waals surface area contributed by atoms with Gasteiger partial charge in [-0.25, -0.2) is 0 Å². The van der Waals surface area contributed by atoms with Crippen LogP contribution < -0.4 is 5.73 Å². The van der Waals surface area contributed by atoms with Crippen LogP contribution in [0.5, 0.6) is 0 Å². The van der Waals surface area contributed by atoms with Gasteiger partial charge in [-0.3, -0.25) is 4.90 Å². The van der Waals surface area contributed by atoms with E-state index in [1.165, 1.54) is 0 Å². The Kier molecular flexibility index (Phi) is 4.09. The maximum atomic E-state index is 5.89. The van der Waals surface area contributed by atoms with Crippen molar-refractivity contribution in [1.29, 1.82) is 0 Å². The Balaban J connectivity index is 2.02. The molecular formula is C11H21N5O. The molecule has 2 atom stereocenters. The zero-order valence-electron chi connectivity index (χ0n) is 10.5. The van der Waals surface area contributed by atoms with Crippen molar-refractivity contribution in [2.75, 3.05) is 26.8 Å². The van der Waals surface area contributed by atoms with E-state index in [1.54, 1.807) is 13.4 Å². The van der Waals surface area contributed by atoms with Gasteiger partial charge in [0.15, 0.2) is 0 Å². The highest BCUT2D eigenvalue weighted by atomic mass is 16.5. The van der Waals surface area contributed by atoms with Crippen molar-refractivity contribution in [1.82, 2.24) is 19.7 Å². The quantitative estimate of drug-likeness (QED) is 0.764. The average molecular weight is 239 g/mol. The van der Waals surface area contributed by atoms with Crippen molar-refractivity contribution in [3.8, 4) is 0 Å². The minimum absolute atomic E-state index is 0.348. The molecule has 1 aliphatic rings. The van der Waals surface area contributed by atoms with Crippen molar-refractivity contribution in [3.63, 3.8) is 0 Å². The molecule has 2 unspecified atom stereocenters. The molecule has 0 fully saturated rings. The van der Waals surface area contributed by atoms with Crippen LogP contribution in [0.15, 0.2) is 6.33 Å². The fourth-order valence-corrected chi connectivity index (χ4v) is 2.48. The Bertz CT molecular complexity index is 353. The largest absolute Gasteiger partial charge is 0.384 e. The molecule has 0 saturated heterocycles. The molecule has 0 radical (unpaired) electrons. The number of hydrogen-bond donors (Lipinski definition) is 1. The second kappa shape index (κ2) is 5.57. The Morgan fingerprint density at radius 3 is 3.06 bits per heavy atom. The van der Waals surface area contributed by atoms with E-state index in [9.17, 15) is 0 Å². The van der Waals surface area contributed by atoms with Crippen LogP contribution in [0.4, 0.5) is 0 Å². The highest BCUT2D eigenvalue weighted by molar-refractivity contribution is 4.92. The molecular weight excluding hydrogens is 218 g/mol. The first kappa shape index (κ1) is 12.5. The Morgan fingerprint density at radius 2 is 2.35 bits per heavy atom. The lowest BCUT2D eigenvalue weighted by molar-refractivity contribution is 0.0682. The maximum Gasteiger partial charge on any atom is 0.147 e. The topological polar surface area (TPSA) is 69.2 Å². The predicted octanol–water partition coefficient (Wildman–Crippen LogP) is -0.296. The summed E-state index contributed by atoms with van der Waals surface area (Å²) in [6.45, 7) is 6.35. The smallest absolute Gasteiger partial charge is 0.147 e. The van der Waals surface area contributed by atoms with Crippen LogP contribution >= 0.6 is 0 Å². The molecule has 2 N–H and O–H groups in total. The molecule has 0 spiro atoms. The normalized spacial score (nSPS) is 19.9. The third-order valence-electron chi connectivity index (χ3n) is 3.47. The molecule has 1 aliphatic heterocycles. The third kappa shape index (κ3) is 2.65. The molecule has 0 amide bonds. The third-order valence-corrected chi connectivity index (χ3v) is 3.47. The van der Waals surface area contributed by atoms with Crippen molar-refractivity contribution < 1.29 is 4.74 Å².